The molecule has 0 atom stereocenters. The van der Waals surface area contributed by atoms with Gasteiger partial charge in [0.25, 0.3) is 0 Å². The minimum absolute atomic E-state index is 0. The van der Waals surface area contributed by atoms with Crippen LogP contribution in [0.4, 0.5) is 0 Å². The van der Waals surface area contributed by atoms with Crippen molar-refractivity contribution in [2.75, 3.05) is 0 Å². The second-order valence-electron chi connectivity index (χ2n) is 2.73. The molecule has 0 N–H and O–H groups in total. The quantitative estimate of drug-likeness (QED) is 0.308. The molecule has 0 nitrogen and oxygen atoms in total. The van der Waals surface area contributed by atoms with Crippen LogP contribution in [0.1, 0.15) is 52.4 Å². The Morgan fingerprint density at radius 1 is 0.909 bits per heavy atom. The average molecular weight is 148 g/mol. The summed E-state index contributed by atoms with van der Waals surface area (Å²) in [5, 5.41) is 0. The molecule has 0 amide bonds. The minimum atomic E-state index is 0. The van der Waals surface area contributed by atoms with Gasteiger partial charge in [-0.2, -0.15) is 0 Å². The summed E-state index contributed by atoms with van der Waals surface area (Å²) in [5.74, 6) is 0. The molecule has 0 bridgehead atoms. The van der Waals surface area contributed by atoms with Gasteiger partial charge in [-0.3, -0.25) is 0 Å². The molecule has 0 rings (SSSR count). The summed E-state index contributed by atoms with van der Waals surface area (Å²) in [5.41, 5.74) is 0. The van der Waals surface area contributed by atoms with Crippen molar-refractivity contribution in [3.05, 3.63) is 12.2 Å². The zero-order chi connectivity index (χ0) is 7.66. The standard InChI is InChI=1S/C10H20.Li.H/c1-3-5-7-9-10-8-6-4-2;;/h5,7H,3-4,6,8-10H2,1-2H3;;. The first kappa shape index (κ1) is 13.9. The van der Waals surface area contributed by atoms with Crippen molar-refractivity contribution in [1.29, 1.82) is 0 Å². The molecular weight excluding hydrogens is 127 g/mol. The SMILES string of the molecule is CCC=CCCCCCC.[LiH]. The van der Waals surface area contributed by atoms with Crippen molar-refractivity contribution >= 4 is 18.9 Å². The molecule has 1 heteroatoms. The molecule has 0 aliphatic rings. The van der Waals surface area contributed by atoms with Crippen LogP contribution in [0.5, 0.6) is 0 Å². The normalized spacial score (nSPS) is 10.0. The van der Waals surface area contributed by atoms with E-state index in [0.29, 0.717) is 0 Å². The molecule has 0 saturated heterocycles. The summed E-state index contributed by atoms with van der Waals surface area (Å²) >= 11 is 0. The predicted octanol–water partition coefficient (Wildman–Crippen LogP) is 3.27. The molecule has 62 valence electrons. The van der Waals surface area contributed by atoms with E-state index >= 15 is 0 Å². The van der Waals surface area contributed by atoms with Gasteiger partial charge in [-0.05, 0) is 19.3 Å². The Bertz CT molecular complexity index is 76.9. The molecule has 0 radical (unpaired) electrons. The Morgan fingerprint density at radius 2 is 1.64 bits per heavy atom. The summed E-state index contributed by atoms with van der Waals surface area (Å²) in [6.45, 7) is 4.43. The van der Waals surface area contributed by atoms with Gasteiger partial charge >= 0.3 is 18.9 Å². The molecule has 0 spiro atoms. The molecule has 0 aliphatic heterocycles. The van der Waals surface area contributed by atoms with Crippen LogP contribution in [0.15, 0.2) is 12.2 Å². The molecule has 0 heterocycles. The van der Waals surface area contributed by atoms with E-state index in [9.17, 15) is 0 Å². The maximum absolute atomic E-state index is 2.30. The summed E-state index contributed by atoms with van der Waals surface area (Å²) in [6, 6.07) is 0. The molecule has 0 saturated carbocycles. The molecule has 0 aromatic carbocycles. The van der Waals surface area contributed by atoms with E-state index in [2.05, 4.69) is 26.0 Å². The second-order valence-corrected chi connectivity index (χ2v) is 2.73. The Labute approximate surface area is 83.6 Å². The van der Waals surface area contributed by atoms with Crippen LogP contribution in [0.3, 0.4) is 0 Å². The van der Waals surface area contributed by atoms with Crippen LogP contribution < -0.4 is 0 Å². The van der Waals surface area contributed by atoms with E-state index in [0.717, 1.165) is 0 Å². The first-order valence-electron chi connectivity index (χ1n) is 4.56. The first-order valence-corrected chi connectivity index (χ1v) is 4.56. The fraction of sp³-hybridized carbons (Fsp3) is 0.800. The van der Waals surface area contributed by atoms with Gasteiger partial charge in [-0.25, -0.2) is 0 Å². The fourth-order valence-corrected chi connectivity index (χ4v) is 0.973. The van der Waals surface area contributed by atoms with Gasteiger partial charge in [-0.15, -0.1) is 0 Å². The molecule has 0 aliphatic carbocycles. The zero-order valence-electron chi connectivity index (χ0n) is 7.40. The average Bonchev–Trinajstić information content (AvgIpc) is 1.97. The summed E-state index contributed by atoms with van der Waals surface area (Å²) in [6.07, 6.45) is 12.6. The van der Waals surface area contributed by atoms with Gasteiger partial charge in [0.2, 0.25) is 0 Å². The van der Waals surface area contributed by atoms with Gasteiger partial charge in [0.15, 0.2) is 0 Å². The first-order chi connectivity index (χ1) is 4.91. The van der Waals surface area contributed by atoms with E-state index in [1.807, 2.05) is 0 Å². The topological polar surface area (TPSA) is 0 Å². The molecular formula is C10H21Li. The second kappa shape index (κ2) is 13.0. The number of hydrogen-bond acceptors (Lipinski definition) is 0. The van der Waals surface area contributed by atoms with E-state index in [4.69, 9.17) is 0 Å². The Kier molecular flexibility index (Phi) is 16.4. The molecule has 0 aromatic heterocycles. The third-order valence-corrected chi connectivity index (χ3v) is 1.63. The van der Waals surface area contributed by atoms with Crippen LogP contribution in [0, 0.1) is 0 Å². The van der Waals surface area contributed by atoms with Gasteiger partial charge in [-0.1, -0.05) is 45.3 Å². The molecule has 0 aromatic rings. The Hall–Kier alpha value is 0.337. The van der Waals surface area contributed by atoms with E-state index in [1.54, 1.807) is 0 Å². The zero-order valence-corrected chi connectivity index (χ0v) is 7.40. The van der Waals surface area contributed by atoms with E-state index in [-0.39, 0.29) is 18.9 Å². The van der Waals surface area contributed by atoms with Crippen LogP contribution in [-0.2, 0) is 0 Å². The predicted molar refractivity (Wildman–Crippen MR) is 55.3 cm³/mol. The van der Waals surface area contributed by atoms with Crippen LogP contribution >= 0.6 is 0 Å². The molecule has 0 unspecified atom stereocenters. The molecule has 11 heavy (non-hydrogen) atoms. The fourth-order valence-electron chi connectivity index (χ4n) is 0.973. The number of hydrogen-bond donors (Lipinski definition) is 0. The van der Waals surface area contributed by atoms with Crippen molar-refractivity contribution < 1.29 is 0 Å². The monoisotopic (exact) mass is 148 g/mol. The van der Waals surface area contributed by atoms with Crippen molar-refractivity contribution in [3.8, 4) is 0 Å². The third-order valence-electron chi connectivity index (χ3n) is 1.63. The number of rotatable bonds is 6. The number of unbranched alkanes of at least 4 members (excludes halogenated alkanes) is 4. The Morgan fingerprint density at radius 3 is 2.18 bits per heavy atom. The van der Waals surface area contributed by atoms with Crippen molar-refractivity contribution in [2.45, 2.75) is 52.4 Å². The van der Waals surface area contributed by atoms with Crippen LogP contribution in [0.25, 0.3) is 0 Å². The van der Waals surface area contributed by atoms with E-state index < -0.39 is 0 Å². The van der Waals surface area contributed by atoms with Crippen molar-refractivity contribution in [2.24, 2.45) is 0 Å². The van der Waals surface area contributed by atoms with Gasteiger partial charge in [0.1, 0.15) is 0 Å². The summed E-state index contributed by atoms with van der Waals surface area (Å²) < 4.78 is 0. The molecule has 0 fully saturated rings. The summed E-state index contributed by atoms with van der Waals surface area (Å²) in [7, 11) is 0. The van der Waals surface area contributed by atoms with E-state index in [1.165, 1.54) is 38.5 Å². The van der Waals surface area contributed by atoms with Crippen LogP contribution in [0.2, 0.25) is 0 Å². The van der Waals surface area contributed by atoms with Crippen molar-refractivity contribution in [3.63, 3.8) is 0 Å². The Balaban J connectivity index is 0. The summed E-state index contributed by atoms with van der Waals surface area (Å²) in [4.78, 5) is 0. The number of allylic oxidation sites excluding steroid dienone is 2. The van der Waals surface area contributed by atoms with Gasteiger partial charge in [0.05, 0.1) is 0 Å². The van der Waals surface area contributed by atoms with Crippen LogP contribution in [-0.4, -0.2) is 18.9 Å². The maximum atomic E-state index is 2.30. The van der Waals surface area contributed by atoms with Crippen molar-refractivity contribution in [1.82, 2.24) is 0 Å². The van der Waals surface area contributed by atoms with Gasteiger partial charge in [0, 0.05) is 0 Å². The third kappa shape index (κ3) is 13.3. The van der Waals surface area contributed by atoms with Gasteiger partial charge < -0.3 is 0 Å².